The van der Waals surface area contributed by atoms with Gasteiger partial charge in [-0.25, -0.2) is 9.78 Å². The lowest BCUT2D eigenvalue weighted by Gasteiger charge is -1.99. The van der Waals surface area contributed by atoms with Crippen LogP contribution in [0.25, 0.3) is 11.0 Å². The first-order valence-corrected chi connectivity index (χ1v) is 4.71. The second kappa shape index (κ2) is 3.55. The predicted molar refractivity (Wildman–Crippen MR) is 57.1 cm³/mol. The lowest BCUT2D eigenvalue weighted by molar-refractivity contribution is 0.0583. The van der Waals surface area contributed by atoms with Gasteiger partial charge in [-0.15, -0.1) is 0 Å². The molecule has 0 radical (unpaired) electrons. The molecule has 78 valence electrons. The Kier molecular flexibility index (Phi) is 2.36. The van der Waals surface area contributed by atoms with Gasteiger partial charge in [-0.2, -0.15) is 0 Å². The van der Waals surface area contributed by atoms with Crippen molar-refractivity contribution in [3.8, 4) is 0 Å². The Balaban J connectivity index is 2.69. The highest BCUT2D eigenvalue weighted by Gasteiger charge is 2.15. The van der Waals surface area contributed by atoms with Gasteiger partial charge in [0.05, 0.1) is 18.1 Å². The number of esters is 1. The zero-order chi connectivity index (χ0) is 11.0. The highest BCUT2D eigenvalue weighted by atomic mass is 35.5. The van der Waals surface area contributed by atoms with E-state index in [0.29, 0.717) is 5.02 Å². The average molecular weight is 225 g/mol. The lowest BCUT2D eigenvalue weighted by atomic mass is 10.3. The van der Waals surface area contributed by atoms with Crippen molar-refractivity contribution in [1.29, 1.82) is 0 Å². The number of halogens is 1. The number of fused-ring (bicyclic) bond motifs is 1. The quantitative estimate of drug-likeness (QED) is 0.696. The van der Waals surface area contributed by atoms with E-state index in [-0.39, 0.29) is 5.82 Å². The Morgan fingerprint density at radius 2 is 2.27 bits per heavy atom. The Morgan fingerprint density at radius 3 is 2.93 bits per heavy atom. The molecule has 1 aromatic carbocycles. The van der Waals surface area contributed by atoms with Gasteiger partial charge in [-0.1, -0.05) is 11.6 Å². The monoisotopic (exact) mass is 224 g/mol. The van der Waals surface area contributed by atoms with Gasteiger partial charge in [-0.05, 0) is 18.2 Å². The van der Waals surface area contributed by atoms with Gasteiger partial charge in [0.25, 0.3) is 0 Å². The first kappa shape index (κ1) is 9.98. The van der Waals surface area contributed by atoms with Crippen LogP contribution in [-0.2, 0) is 11.8 Å². The highest BCUT2D eigenvalue weighted by molar-refractivity contribution is 6.31. The van der Waals surface area contributed by atoms with Crippen molar-refractivity contribution in [1.82, 2.24) is 9.55 Å². The summed E-state index contributed by atoms with van der Waals surface area (Å²) in [6, 6.07) is 5.26. The van der Waals surface area contributed by atoms with Crippen molar-refractivity contribution >= 4 is 28.6 Å². The zero-order valence-electron chi connectivity index (χ0n) is 8.32. The molecule has 0 spiro atoms. The van der Waals surface area contributed by atoms with Crippen molar-refractivity contribution in [3.05, 3.63) is 29.0 Å². The third-order valence-electron chi connectivity index (χ3n) is 2.21. The molecule has 15 heavy (non-hydrogen) atoms. The molecule has 0 bridgehead atoms. The number of benzene rings is 1. The van der Waals surface area contributed by atoms with Gasteiger partial charge in [0.2, 0.25) is 5.82 Å². The van der Waals surface area contributed by atoms with Gasteiger partial charge < -0.3 is 9.30 Å². The van der Waals surface area contributed by atoms with E-state index in [1.165, 1.54) is 7.11 Å². The minimum Gasteiger partial charge on any atom is -0.463 e. The average Bonchev–Trinajstić information content (AvgIpc) is 2.55. The first-order valence-electron chi connectivity index (χ1n) is 4.34. The molecule has 0 saturated carbocycles. The molecule has 0 atom stereocenters. The number of aryl methyl sites for hydroxylation is 1. The maximum Gasteiger partial charge on any atom is 0.374 e. The van der Waals surface area contributed by atoms with Gasteiger partial charge in [0, 0.05) is 12.1 Å². The lowest BCUT2D eigenvalue weighted by Crippen LogP contribution is -2.08. The maximum absolute atomic E-state index is 11.4. The number of ether oxygens (including phenoxy) is 1. The highest BCUT2D eigenvalue weighted by Crippen LogP contribution is 2.19. The fourth-order valence-electron chi connectivity index (χ4n) is 1.44. The van der Waals surface area contributed by atoms with E-state index in [0.717, 1.165) is 11.0 Å². The van der Waals surface area contributed by atoms with Crippen LogP contribution in [0.2, 0.25) is 5.02 Å². The maximum atomic E-state index is 11.4. The van der Waals surface area contributed by atoms with Gasteiger partial charge in [-0.3, -0.25) is 0 Å². The molecule has 0 saturated heterocycles. The fraction of sp³-hybridized carbons (Fsp3) is 0.200. The van der Waals surface area contributed by atoms with Crippen molar-refractivity contribution in [2.24, 2.45) is 7.05 Å². The number of rotatable bonds is 1. The second-order valence-corrected chi connectivity index (χ2v) is 3.56. The molecule has 0 aliphatic carbocycles. The van der Waals surface area contributed by atoms with E-state index in [9.17, 15) is 4.79 Å². The fourth-order valence-corrected chi connectivity index (χ4v) is 1.60. The molecule has 0 amide bonds. The van der Waals surface area contributed by atoms with Crippen LogP contribution < -0.4 is 0 Å². The molecule has 0 aliphatic rings. The van der Waals surface area contributed by atoms with Crippen molar-refractivity contribution in [2.45, 2.75) is 0 Å². The first-order chi connectivity index (χ1) is 7.13. The number of nitrogens with zero attached hydrogens (tertiary/aromatic N) is 2. The van der Waals surface area contributed by atoms with E-state index in [1.54, 1.807) is 29.8 Å². The molecule has 1 aromatic heterocycles. The molecule has 0 unspecified atom stereocenters. The third kappa shape index (κ3) is 1.57. The molecule has 5 heteroatoms. The Hall–Kier alpha value is -1.55. The summed E-state index contributed by atoms with van der Waals surface area (Å²) in [4.78, 5) is 15.5. The summed E-state index contributed by atoms with van der Waals surface area (Å²) < 4.78 is 6.28. The minimum atomic E-state index is -0.454. The Bertz CT molecular complexity index is 533. The van der Waals surface area contributed by atoms with Crippen LogP contribution in [0.5, 0.6) is 0 Å². The second-order valence-electron chi connectivity index (χ2n) is 3.12. The predicted octanol–water partition coefficient (Wildman–Crippen LogP) is 2.01. The summed E-state index contributed by atoms with van der Waals surface area (Å²) in [5.41, 5.74) is 1.53. The van der Waals surface area contributed by atoms with Crippen LogP contribution in [0.15, 0.2) is 18.2 Å². The topological polar surface area (TPSA) is 44.1 Å². The molecule has 0 fully saturated rings. The number of carbonyl (C=O) groups excluding carboxylic acids is 1. The number of imidazole rings is 1. The van der Waals surface area contributed by atoms with Gasteiger partial charge in [0.1, 0.15) is 0 Å². The van der Waals surface area contributed by atoms with Gasteiger partial charge in [0.15, 0.2) is 0 Å². The van der Waals surface area contributed by atoms with Crippen LogP contribution in [-0.4, -0.2) is 22.6 Å². The van der Waals surface area contributed by atoms with Crippen LogP contribution in [0.4, 0.5) is 0 Å². The summed E-state index contributed by atoms with van der Waals surface area (Å²) in [5, 5.41) is 0.613. The summed E-state index contributed by atoms with van der Waals surface area (Å²) in [6.07, 6.45) is 0. The molecule has 2 rings (SSSR count). The number of hydrogen-bond acceptors (Lipinski definition) is 3. The van der Waals surface area contributed by atoms with Crippen molar-refractivity contribution in [3.63, 3.8) is 0 Å². The number of hydrogen-bond donors (Lipinski definition) is 0. The van der Waals surface area contributed by atoms with E-state index in [1.807, 2.05) is 0 Å². The number of methoxy groups -OCH3 is 1. The summed E-state index contributed by atoms with van der Waals surface area (Å²) >= 11 is 5.86. The molecule has 1 heterocycles. The van der Waals surface area contributed by atoms with E-state index < -0.39 is 5.97 Å². The SMILES string of the molecule is COC(=O)c1nc2ccc(Cl)cc2n1C. The van der Waals surface area contributed by atoms with Crippen molar-refractivity contribution in [2.75, 3.05) is 7.11 Å². The minimum absolute atomic E-state index is 0.273. The van der Waals surface area contributed by atoms with Crippen LogP contribution in [0.3, 0.4) is 0 Å². The molecule has 0 aliphatic heterocycles. The summed E-state index contributed by atoms with van der Waals surface area (Å²) in [6.45, 7) is 0. The Morgan fingerprint density at radius 1 is 1.53 bits per heavy atom. The normalized spacial score (nSPS) is 10.6. The molecular weight excluding hydrogens is 216 g/mol. The van der Waals surface area contributed by atoms with Crippen LogP contribution in [0.1, 0.15) is 10.6 Å². The van der Waals surface area contributed by atoms with Crippen LogP contribution in [0, 0.1) is 0 Å². The molecular formula is C10H9ClN2O2. The third-order valence-corrected chi connectivity index (χ3v) is 2.45. The number of aromatic nitrogens is 2. The van der Waals surface area contributed by atoms with E-state index in [4.69, 9.17) is 11.6 Å². The standard InChI is InChI=1S/C10H9ClN2O2/c1-13-8-5-6(11)3-4-7(8)12-9(13)10(14)15-2/h3-5H,1-2H3. The zero-order valence-corrected chi connectivity index (χ0v) is 9.08. The van der Waals surface area contributed by atoms with E-state index in [2.05, 4.69) is 9.72 Å². The van der Waals surface area contributed by atoms with E-state index >= 15 is 0 Å². The summed E-state index contributed by atoms with van der Waals surface area (Å²) in [7, 11) is 3.08. The number of carbonyl (C=O) groups is 1. The smallest absolute Gasteiger partial charge is 0.374 e. The van der Waals surface area contributed by atoms with Gasteiger partial charge >= 0.3 is 5.97 Å². The largest absolute Gasteiger partial charge is 0.463 e. The molecule has 0 N–H and O–H groups in total. The molecule has 2 aromatic rings. The molecule has 4 nitrogen and oxygen atoms in total. The van der Waals surface area contributed by atoms with Crippen LogP contribution >= 0.6 is 11.6 Å². The Labute approximate surface area is 91.4 Å². The summed E-state index contributed by atoms with van der Waals surface area (Å²) in [5.74, 6) is -0.181. The van der Waals surface area contributed by atoms with Crippen molar-refractivity contribution < 1.29 is 9.53 Å².